The highest BCUT2D eigenvalue weighted by Gasteiger charge is 2.15. The van der Waals surface area contributed by atoms with Gasteiger partial charge in [0, 0.05) is 37.5 Å². The minimum absolute atomic E-state index is 0.182. The lowest BCUT2D eigenvalue weighted by atomic mass is 9.94. The van der Waals surface area contributed by atoms with Crippen LogP contribution in [0, 0.1) is 6.92 Å². The van der Waals surface area contributed by atoms with Gasteiger partial charge < -0.3 is 19.3 Å². The van der Waals surface area contributed by atoms with Crippen molar-refractivity contribution in [3.8, 4) is 34.0 Å². The van der Waals surface area contributed by atoms with Crippen molar-refractivity contribution < 1.29 is 18.8 Å². The largest absolute Gasteiger partial charge is 0.383 e. The Bertz CT molecular complexity index is 1280. The molecular weight excluding hydrogens is 430 g/mol. The molecule has 0 saturated heterocycles. The van der Waals surface area contributed by atoms with E-state index in [1.165, 1.54) is 5.56 Å². The zero-order valence-corrected chi connectivity index (χ0v) is 19.5. The Kier molecular flexibility index (Phi) is 7.47. The predicted molar refractivity (Wildman–Crippen MR) is 130 cm³/mol. The molecule has 1 N–H and O–H groups in total. The number of nitrogens with one attached hydrogen (secondary N) is 1. The van der Waals surface area contributed by atoms with Crippen LogP contribution in [-0.2, 0) is 16.1 Å². The second kappa shape index (κ2) is 10.9. The maximum absolute atomic E-state index is 12.4. The third-order valence-electron chi connectivity index (χ3n) is 5.49. The third-order valence-corrected chi connectivity index (χ3v) is 5.49. The Hall–Kier alpha value is -3.81. The van der Waals surface area contributed by atoms with Gasteiger partial charge >= 0.3 is 0 Å². The fourth-order valence-electron chi connectivity index (χ4n) is 3.77. The van der Waals surface area contributed by atoms with E-state index in [0.717, 1.165) is 22.3 Å². The van der Waals surface area contributed by atoms with Crippen molar-refractivity contribution in [3.63, 3.8) is 0 Å². The minimum Gasteiger partial charge on any atom is -0.383 e. The molecule has 0 bridgehead atoms. The van der Waals surface area contributed by atoms with E-state index in [0.29, 0.717) is 42.6 Å². The SMILES string of the molecule is COCCNC(=O)c1cccc(-c2noc(-c3ccc(-c4ccccc4C)c(COC)c3)n2)c1. The standard InChI is InChI=1S/C27H27N3O4/c1-18-7-4-5-10-23(18)24-12-11-21(16-22(24)17-33-3)27-29-25(30-34-27)19-8-6-9-20(15-19)26(31)28-13-14-32-2/h4-12,15-16H,13-14,17H2,1-3H3,(H,28,31). The number of aryl methyl sites for hydroxylation is 1. The van der Waals surface area contributed by atoms with Gasteiger partial charge in [-0.2, -0.15) is 4.98 Å². The van der Waals surface area contributed by atoms with Gasteiger partial charge in [0.15, 0.2) is 0 Å². The van der Waals surface area contributed by atoms with Gasteiger partial charge in [-0.1, -0.05) is 47.6 Å². The molecule has 0 spiro atoms. The highest BCUT2D eigenvalue weighted by molar-refractivity contribution is 5.95. The number of aromatic nitrogens is 2. The van der Waals surface area contributed by atoms with Crippen LogP contribution < -0.4 is 5.32 Å². The number of carbonyl (C=O) groups is 1. The van der Waals surface area contributed by atoms with Crippen LogP contribution in [0.5, 0.6) is 0 Å². The summed E-state index contributed by atoms with van der Waals surface area (Å²) in [5.74, 6) is 0.634. The van der Waals surface area contributed by atoms with Gasteiger partial charge in [0.1, 0.15) is 0 Å². The Balaban J connectivity index is 1.61. The number of benzene rings is 3. The number of ether oxygens (including phenoxy) is 2. The summed E-state index contributed by atoms with van der Waals surface area (Å²) < 4.78 is 16.0. The van der Waals surface area contributed by atoms with E-state index in [9.17, 15) is 4.79 Å². The van der Waals surface area contributed by atoms with Crippen LogP contribution in [0.3, 0.4) is 0 Å². The second-order valence-corrected chi connectivity index (χ2v) is 7.87. The summed E-state index contributed by atoms with van der Waals surface area (Å²) in [4.78, 5) is 16.9. The molecule has 1 amide bonds. The summed E-state index contributed by atoms with van der Waals surface area (Å²) in [5.41, 5.74) is 6.51. The topological polar surface area (TPSA) is 86.5 Å². The van der Waals surface area contributed by atoms with E-state index in [1.54, 1.807) is 32.4 Å². The normalized spacial score (nSPS) is 10.9. The van der Waals surface area contributed by atoms with Crippen LogP contribution in [0.1, 0.15) is 21.5 Å². The number of carbonyl (C=O) groups excluding carboxylic acids is 1. The minimum atomic E-state index is -0.182. The molecular formula is C27H27N3O4. The summed E-state index contributed by atoms with van der Waals surface area (Å²) >= 11 is 0. The van der Waals surface area contributed by atoms with E-state index in [1.807, 2.05) is 30.3 Å². The average molecular weight is 458 g/mol. The lowest BCUT2D eigenvalue weighted by Gasteiger charge is -2.12. The van der Waals surface area contributed by atoms with Crippen LogP contribution >= 0.6 is 0 Å². The number of rotatable bonds is 9. The second-order valence-electron chi connectivity index (χ2n) is 7.87. The molecule has 0 aliphatic heterocycles. The van der Waals surface area contributed by atoms with Crippen LogP contribution in [0.25, 0.3) is 34.0 Å². The first kappa shape index (κ1) is 23.4. The van der Waals surface area contributed by atoms with Crippen molar-refractivity contribution in [3.05, 3.63) is 83.4 Å². The maximum Gasteiger partial charge on any atom is 0.258 e. The molecule has 0 aliphatic carbocycles. The van der Waals surface area contributed by atoms with E-state index in [4.69, 9.17) is 14.0 Å². The number of nitrogens with zero attached hydrogens (tertiary/aromatic N) is 2. The molecule has 0 saturated carbocycles. The average Bonchev–Trinajstić information content (AvgIpc) is 3.35. The highest BCUT2D eigenvalue weighted by atomic mass is 16.5. The van der Waals surface area contributed by atoms with Gasteiger partial charge in [0.2, 0.25) is 5.82 Å². The fourth-order valence-corrected chi connectivity index (χ4v) is 3.77. The van der Waals surface area contributed by atoms with Gasteiger partial charge in [-0.3, -0.25) is 4.79 Å². The Morgan fingerprint density at radius 2 is 1.79 bits per heavy atom. The molecule has 4 aromatic rings. The molecule has 4 rings (SSSR count). The van der Waals surface area contributed by atoms with Crippen molar-refractivity contribution in [1.29, 1.82) is 0 Å². The first-order valence-corrected chi connectivity index (χ1v) is 11.0. The fraction of sp³-hybridized carbons (Fsp3) is 0.222. The number of hydrogen-bond acceptors (Lipinski definition) is 6. The van der Waals surface area contributed by atoms with Gasteiger partial charge in [0.25, 0.3) is 11.8 Å². The molecule has 0 radical (unpaired) electrons. The first-order chi connectivity index (χ1) is 16.6. The predicted octanol–water partition coefficient (Wildman–Crippen LogP) is 4.90. The molecule has 3 aromatic carbocycles. The third kappa shape index (κ3) is 5.22. The number of hydrogen-bond donors (Lipinski definition) is 1. The van der Waals surface area contributed by atoms with Crippen LogP contribution in [0.4, 0.5) is 0 Å². The monoisotopic (exact) mass is 457 g/mol. The van der Waals surface area contributed by atoms with Gasteiger partial charge in [0.05, 0.1) is 13.2 Å². The summed E-state index contributed by atoms with van der Waals surface area (Å²) in [6.45, 7) is 3.44. The van der Waals surface area contributed by atoms with Crippen molar-refractivity contribution in [2.75, 3.05) is 27.4 Å². The molecule has 34 heavy (non-hydrogen) atoms. The van der Waals surface area contributed by atoms with Crippen molar-refractivity contribution in [2.24, 2.45) is 0 Å². The van der Waals surface area contributed by atoms with Crippen molar-refractivity contribution >= 4 is 5.91 Å². The maximum atomic E-state index is 12.4. The molecule has 0 aliphatic rings. The molecule has 0 fully saturated rings. The molecule has 0 atom stereocenters. The quantitative estimate of drug-likeness (QED) is 0.360. The van der Waals surface area contributed by atoms with E-state index < -0.39 is 0 Å². The smallest absolute Gasteiger partial charge is 0.258 e. The summed E-state index contributed by atoms with van der Waals surface area (Å²) in [5, 5.41) is 6.95. The Labute approximate surface area is 198 Å². The van der Waals surface area contributed by atoms with Crippen LogP contribution in [0.2, 0.25) is 0 Å². The summed E-state index contributed by atoms with van der Waals surface area (Å²) in [6, 6.07) is 21.4. The van der Waals surface area contributed by atoms with E-state index in [-0.39, 0.29) is 5.91 Å². The van der Waals surface area contributed by atoms with E-state index >= 15 is 0 Å². The van der Waals surface area contributed by atoms with Crippen molar-refractivity contribution in [1.82, 2.24) is 15.5 Å². The lowest BCUT2D eigenvalue weighted by Crippen LogP contribution is -2.26. The Morgan fingerprint density at radius 1 is 0.941 bits per heavy atom. The molecule has 174 valence electrons. The molecule has 7 heteroatoms. The zero-order valence-electron chi connectivity index (χ0n) is 19.5. The molecule has 1 heterocycles. The summed E-state index contributed by atoms with van der Waals surface area (Å²) in [6.07, 6.45) is 0. The highest BCUT2D eigenvalue weighted by Crippen LogP contribution is 2.31. The number of methoxy groups -OCH3 is 2. The molecule has 0 unspecified atom stereocenters. The van der Waals surface area contributed by atoms with Crippen molar-refractivity contribution in [2.45, 2.75) is 13.5 Å². The summed E-state index contributed by atoms with van der Waals surface area (Å²) in [7, 11) is 3.27. The van der Waals surface area contributed by atoms with Crippen LogP contribution in [0.15, 0.2) is 71.3 Å². The first-order valence-electron chi connectivity index (χ1n) is 11.0. The van der Waals surface area contributed by atoms with Gasteiger partial charge in [-0.15, -0.1) is 0 Å². The zero-order chi connectivity index (χ0) is 23.9. The Morgan fingerprint density at radius 3 is 2.59 bits per heavy atom. The van der Waals surface area contributed by atoms with Crippen LogP contribution in [-0.4, -0.2) is 43.4 Å². The van der Waals surface area contributed by atoms with E-state index in [2.05, 4.69) is 40.6 Å². The van der Waals surface area contributed by atoms with Gasteiger partial charge in [-0.05, 0) is 53.4 Å². The molecule has 7 nitrogen and oxygen atoms in total. The number of amides is 1. The molecule has 1 aromatic heterocycles. The lowest BCUT2D eigenvalue weighted by molar-refractivity contribution is 0.0937. The van der Waals surface area contributed by atoms with Gasteiger partial charge in [-0.25, -0.2) is 0 Å².